The smallest absolute Gasteiger partial charge is 0.119 e. The van der Waals surface area contributed by atoms with Crippen molar-refractivity contribution in [2.24, 2.45) is 11.3 Å². The Balaban J connectivity index is 2.41. The second-order valence-corrected chi connectivity index (χ2v) is 7.73. The second-order valence-electron chi connectivity index (χ2n) is 7.73. The largest absolute Gasteiger partial charge is 0.508 e. The number of phenols is 2. The topological polar surface area (TPSA) is 60.7 Å². The van der Waals surface area contributed by atoms with Gasteiger partial charge < -0.3 is 15.3 Å². The summed E-state index contributed by atoms with van der Waals surface area (Å²) in [5.41, 5.74) is 0.456. The minimum absolute atomic E-state index is 0.106. The Kier molecular flexibility index (Phi) is 5.44. The summed E-state index contributed by atoms with van der Waals surface area (Å²) in [6.45, 7) is 8.27. The first-order valence-electron chi connectivity index (χ1n) is 8.74. The molecule has 1 aromatic rings. The minimum atomic E-state index is -0.970. The van der Waals surface area contributed by atoms with E-state index in [2.05, 4.69) is 26.0 Å². The van der Waals surface area contributed by atoms with Gasteiger partial charge in [-0.15, -0.1) is 0 Å². The van der Waals surface area contributed by atoms with Crippen LogP contribution in [0.15, 0.2) is 42.0 Å². The molecule has 1 aromatic carbocycles. The predicted octanol–water partition coefficient (Wildman–Crippen LogP) is 4.72. The molecular weight excluding hydrogens is 300 g/mol. The van der Waals surface area contributed by atoms with Crippen molar-refractivity contribution in [1.82, 2.24) is 0 Å². The second kappa shape index (κ2) is 7.02. The predicted molar refractivity (Wildman–Crippen MR) is 98.1 cm³/mol. The van der Waals surface area contributed by atoms with Gasteiger partial charge in [0, 0.05) is 17.4 Å². The first kappa shape index (κ1) is 18.6. The van der Waals surface area contributed by atoms with Gasteiger partial charge in [0.05, 0.1) is 5.60 Å². The number of rotatable bonds is 4. The highest BCUT2D eigenvalue weighted by Crippen LogP contribution is 2.50. The van der Waals surface area contributed by atoms with E-state index in [1.54, 1.807) is 6.07 Å². The van der Waals surface area contributed by atoms with Crippen molar-refractivity contribution in [3.8, 4) is 11.5 Å². The van der Waals surface area contributed by atoms with Crippen LogP contribution in [0, 0.1) is 11.3 Å². The van der Waals surface area contributed by atoms with Crippen molar-refractivity contribution < 1.29 is 15.3 Å². The standard InChI is InChI=1S/C21H30O3/c1-15(2)7-5-11-20(4)12-6-8-16(3)21(20,24)14-17-13-18(22)9-10-19(17)23/h5,7,9-11,13,16,22-24H,6,8,12,14H2,1-4H3/b11-5+/t16-,20+,21+/m1/s1. The molecule has 0 aliphatic heterocycles. The summed E-state index contributed by atoms with van der Waals surface area (Å²) in [4.78, 5) is 0. The van der Waals surface area contributed by atoms with Crippen molar-refractivity contribution in [3.05, 3.63) is 47.6 Å². The van der Waals surface area contributed by atoms with Crippen LogP contribution in [0.3, 0.4) is 0 Å². The Morgan fingerprint density at radius 2 is 2.00 bits per heavy atom. The Morgan fingerprint density at radius 1 is 1.29 bits per heavy atom. The highest BCUT2D eigenvalue weighted by Gasteiger charge is 2.51. The van der Waals surface area contributed by atoms with E-state index in [0.29, 0.717) is 12.0 Å². The highest BCUT2D eigenvalue weighted by atomic mass is 16.3. The van der Waals surface area contributed by atoms with Crippen LogP contribution < -0.4 is 0 Å². The number of phenolic OH excluding ortho intramolecular Hbond substituents is 2. The van der Waals surface area contributed by atoms with E-state index in [1.165, 1.54) is 17.7 Å². The average Bonchev–Trinajstić information content (AvgIpc) is 2.49. The zero-order chi connectivity index (χ0) is 18.0. The van der Waals surface area contributed by atoms with Crippen LogP contribution in [-0.2, 0) is 6.42 Å². The van der Waals surface area contributed by atoms with Gasteiger partial charge in [0.2, 0.25) is 0 Å². The van der Waals surface area contributed by atoms with Gasteiger partial charge in [-0.2, -0.15) is 0 Å². The third kappa shape index (κ3) is 3.67. The van der Waals surface area contributed by atoms with E-state index in [0.717, 1.165) is 19.3 Å². The first-order chi connectivity index (χ1) is 11.2. The zero-order valence-corrected chi connectivity index (χ0v) is 15.2. The summed E-state index contributed by atoms with van der Waals surface area (Å²) < 4.78 is 0. The van der Waals surface area contributed by atoms with E-state index in [1.807, 2.05) is 19.9 Å². The molecule has 0 bridgehead atoms. The third-order valence-corrected chi connectivity index (χ3v) is 5.55. The van der Waals surface area contributed by atoms with Crippen molar-refractivity contribution in [2.45, 2.75) is 59.0 Å². The molecule has 1 saturated carbocycles. The number of hydrogen-bond donors (Lipinski definition) is 3. The van der Waals surface area contributed by atoms with Crippen LogP contribution in [0.1, 0.15) is 52.5 Å². The number of benzene rings is 1. The summed E-state index contributed by atoms with van der Waals surface area (Å²) in [7, 11) is 0. The Hall–Kier alpha value is -1.74. The fourth-order valence-corrected chi connectivity index (χ4v) is 3.85. The monoisotopic (exact) mass is 330 g/mol. The van der Waals surface area contributed by atoms with E-state index in [4.69, 9.17) is 0 Å². The van der Waals surface area contributed by atoms with Crippen molar-refractivity contribution in [2.75, 3.05) is 0 Å². The van der Waals surface area contributed by atoms with Gasteiger partial charge in [-0.05, 0) is 50.8 Å². The summed E-state index contributed by atoms with van der Waals surface area (Å²) in [6, 6.07) is 4.49. The van der Waals surface area contributed by atoms with Crippen LogP contribution >= 0.6 is 0 Å². The van der Waals surface area contributed by atoms with Gasteiger partial charge in [0.25, 0.3) is 0 Å². The number of aromatic hydroxyl groups is 2. The number of aliphatic hydroxyl groups is 1. The molecule has 3 N–H and O–H groups in total. The maximum atomic E-state index is 11.6. The molecular formula is C21H30O3. The molecule has 0 amide bonds. The highest BCUT2D eigenvalue weighted by molar-refractivity contribution is 5.40. The maximum absolute atomic E-state index is 11.6. The Morgan fingerprint density at radius 3 is 2.67 bits per heavy atom. The van der Waals surface area contributed by atoms with Crippen LogP contribution in [0.5, 0.6) is 11.5 Å². The summed E-state index contributed by atoms with van der Waals surface area (Å²) in [5, 5.41) is 31.5. The summed E-state index contributed by atoms with van der Waals surface area (Å²) in [6.07, 6.45) is 9.45. The molecule has 0 radical (unpaired) electrons. The Labute approximate surface area is 145 Å². The molecule has 132 valence electrons. The van der Waals surface area contributed by atoms with Crippen molar-refractivity contribution in [3.63, 3.8) is 0 Å². The van der Waals surface area contributed by atoms with E-state index >= 15 is 0 Å². The average molecular weight is 330 g/mol. The molecule has 0 heterocycles. The van der Waals surface area contributed by atoms with Gasteiger partial charge in [-0.1, -0.05) is 44.1 Å². The molecule has 3 nitrogen and oxygen atoms in total. The molecule has 0 aromatic heterocycles. The quantitative estimate of drug-likeness (QED) is 0.553. The fourth-order valence-electron chi connectivity index (χ4n) is 3.85. The molecule has 0 saturated heterocycles. The van der Waals surface area contributed by atoms with Crippen LogP contribution in [0.2, 0.25) is 0 Å². The SMILES string of the molecule is CC(C)=C/C=C/[C@@]1(C)CCC[C@@H](C)[C@@]1(O)Cc1cc(O)ccc1O. The van der Waals surface area contributed by atoms with Gasteiger partial charge in [0.15, 0.2) is 0 Å². The maximum Gasteiger partial charge on any atom is 0.119 e. The van der Waals surface area contributed by atoms with Gasteiger partial charge >= 0.3 is 0 Å². The third-order valence-electron chi connectivity index (χ3n) is 5.55. The van der Waals surface area contributed by atoms with Crippen LogP contribution in [-0.4, -0.2) is 20.9 Å². The molecule has 0 unspecified atom stereocenters. The molecule has 1 fully saturated rings. The lowest BCUT2D eigenvalue weighted by Gasteiger charge is -2.51. The molecule has 3 atom stereocenters. The fraction of sp³-hybridized carbons (Fsp3) is 0.524. The van der Waals surface area contributed by atoms with Gasteiger partial charge in [-0.25, -0.2) is 0 Å². The normalized spacial score (nSPS) is 30.5. The molecule has 24 heavy (non-hydrogen) atoms. The van der Waals surface area contributed by atoms with Crippen molar-refractivity contribution in [1.29, 1.82) is 0 Å². The summed E-state index contributed by atoms with van der Waals surface area (Å²) >= 11 is 0. The molecule has 1 aliphatic carbocycles. The summed E-state index contributed by atoms with van der Waals surface area (Å²) in [5.74, 6) is 0.334. The van der Waals surface area contributed by atoms with E-state index in [9.17, 15) is 15.3 Å². The lowest BCUT2D eigenvalue weighted by molar-refractivity contribution is -0.118. The number of hydrogen-bond acceptors (Lipinski definition) is 3. The van der Waals surface area contributed by atoms with Crippen LogP contribution in [0.25, 0.3) is 0 Å². The first-order valence-corrected chi connectivity index (χ1v) is 8.74. The van der Waals surface area contributed by atoms with Gasteiger partial charge in [-0.3, -0.25) is 0 Å². The lowest BCUT2D eigenvalue weighted by atomic mass is 9.57. The lowest BCUT2D eigenvalue weighted by Crippen LogP contribution is -2.54. The van der Waals surface area contributed by atoms with E-state index in [-0.39, 0.29) is 22.8 Å². The number of allylic oxidation sites excluding steroid dienone is 3. The molecule has 3 heteroatoms. The molecule has 1 aliphatic rings. The minimum Gasteiger partial charge on any atom is -0.508 e. The zero-order valence-electron chi connectivity index (χ0n) is 15.2. The molecule has 2 rings (SSSR count). The van der Waals surface area contributed by atoms with Crippen LogP contribution in [0.4, 0.5) is 0 Å². The molecule has 0 spiro atoms. The van der Waals surface area contributed by atoms with E-state index < -0.39 is 5.60 Å². The van der Waals surface area contributed by atoms with Gasteiger partial charge in [0.1, 0.15) is 11.5 Å². The Bertz CT molecular complexity index is 642. The van der Waals surface area contributed by atoms with Crippen molar-refractivity contribution >= 4 is 0 Å².